The highest BCUT2D eigenvalue weighted by Crippen LogP contribution is 2.32. The number of hydrogen-bond donors (Lipinski definition) is 2. The number of nitrogens with one attached hydrogen (secondary N) is 1. The maximum atomic E-state index is 12.0. The Labute approximate surface area is 117 Å². The first-order valence-corrected chi connectivity index (χ1v) is 6.61. The summed E-state index contributed by atoms with van der Waals surface area (Å²) in [5.41, 5.74) is -0.780. The second-order valence-corrected chi connectivity index (χ2v) is 5.25. The molecular weight excluding hydrogens is 260 g/mol. The lowest BCUT2D eigenvalue weighted by Crippen LogP contribution is -2.59. The van der Waals surface area contributed by atoms with Crippen molar-refractivity contribution >= 4 is 11.9 Å². The first-order valence-electron chi connectivity index (χ1n) is 6.61. The number of carboxylic acid groups (broad SMARTS) is 1. The predicted molar refractivity (Wildman–Crippen MR) is 71.7 cm³/mol. The van der Waals surface area contributed by atoms with E-state index in [9.17, 15) is 14.7 Å². The van der Waals surface area contributed by atoms with Crippen LogP contribution in [0, 0.1) is 0 Å². The quantitative estimate of drug-likeness (QED) is 0.854. The Bertz CT molecular complexity index is 506. The summed E-state index contributed by atoms with van der Waals surface area (Å²) in [5, 5.41) is 11.8. The van der Waals surface area contributed by atoms with Crippen LogP contribution in [-0.4, -0.2) is 33.6 Å². The van der Waals surface area contributed by atoms with Gasteiger partial charge in [0.15, 0.2) is 0 Å². The molecule has 0 spiro atoms. The van der Waals surface area contributed by atoms with Crippen LogP contribution in [0.3, 0.4) is 0 Å². The zero-order chi connectivity index (χ0) is 14.8. The third kappa shape index (κ3) is 2.89. The van der Waals surface area contributed by atoms with Gasteiger partial charge in [0.2, 0.25) is 5.88 Å². The molecule has 1 aliphatic rings. The molecule has 1 aromatic heterocycles. The number of carbonyl (C=O) groups is 2. The van der Waals surface area contributed by atoms with Crippen LogP contribution in [0.5, 0.6) is 5.88 Å². The summed E-state index contributed by atoms with van der Waals surface area (Å²) in [6, 6.07) is 3.18. The van der Waals surface area contributed by atoms with E-state index in [1.54, 1.807) is 12.1 Å². The first kappa shape index (κ1) is 14.3. The number of aliphatic carboxylic acids is 1. The molecule has 0 aliphatic heterocycles. The fourth-order valence-electron chi connectivity index (χ4n) is 2.04. The van der Waals surface area contributed by atoms with Gasteiger partial charge >= 0.3 is 5.97 Å². The zero-order valence-electron chi connectivity index (χ0n) is 11.5. The molecular formula is C14H18N2O4. The Kier molecular flexibility index (Phi) is 3.92. The SMILES string of the molecule is CC(C)Oc1ccc(C(=O)NC2(C(=O)O)CCC2)cn1. The number of ether oxygens (including phenoxy) is 1. The summed E-state index contributed by atoms with van der Waals surface area (Å²) in [4.78, 5) is 27.3. The molecule has 1 saturated carbocycles. The van der Waals surface area contributed by atoms with Crippen LogP contribution in [0.1, 0.15) is 43.5 Å². The van der Waals surface area contributed by atoms with Crippen LogP contribution in [0.25, 0.3) is 0 Å². The van der Waals surface area contributed by atoms with Gasteiger partial charge in [0.1, 0.15) is 5.54 Å². The van der Waals surface area contributed by atoms with Crippen molar-refractivity contribution in [2.24, 2.45) is 0 Å². The largest absolute Gasteiger partial charge is 0.480 e. The average Bonchev–Trinajstić information content (AvgIpc) is 2.33. The number of pyridine rings is 1. The fraction of sp³-hybridized carbons (Fsp3) is 0.500. The summed E-state index contributed by atoms with van der Waals surface area (Å²) < 4.78 is 5.38. The maximum absolute atomic E-state index is 12.0. The van der Waals surface area contributed by atoms with Crippen LogP contribution in [-0.2, 0) is 4.79 Å². The van der Waals surface area contributed by atoms with Crippen molar-refractivity contribution in [1.82, 2.24) is 10.3 Å². The molecule has 6 nitrogen and oxygen atoms in total. The van der Waals surface area contributed by atoms with E-state index < -0.39 is 17.4 Å². The predicted octanol–water partition coefficient (Wildman–Crippen LogP) is 1.61. The molecule has 1 amide bonds. The van der Waals surface area contributed by atoms with Crippen LogP contribution in [0.2, 0.25) is 0 Å². The van der Waals surface area contributed by atoms with E-state index in [1.165, 1.54) is 6.20 Å². The Balaban J connectivity index is 2.04. The molecule has 108 valence electrons. The first-order chi connectivity index (χ1) is 9.43. The molecule has 2 rings (SSSR count). The molecule has 0 radical (unpaired) electrons. The van der Waals surface area contributed by atoms with Crippen molar-refractivity contribution in [2.75, 3.05) is 0 Å². The molecule has 0 aromatic carbocycles. The van der Waals surface area contributed by atoms with Gasteiger partial charge in [-0.2, -0.15) is 0 Å². The molecule has 20 heavy (non-hydrogen) atoms. The highest BCUT2D eigenvalue weighted by atomic mass is 16.5. The molecule has 0 atom stereocenters. The minimum absolute atomic E-state index is 0.00688. The minimum atomic E-state index is -1.11. The monoisotopic (exact) mass is 278 g/mol. The fourth-order valence-corrected chi connectivity index (χ4v) is 2.04. The highest BCUT2D eigenvalue weighted by Gasteiger charge is 2.45. The second-order valence-electron chi connectivity index (χ2n) is 5.25. The molecule has 1 heterocycles. The summed E-state index contributed by atoms with van der Waals surface area (Å²) in [6.07, 6.45) is 3.15. The van der Waals surface area contributed by atoms with E-state index in [0.29, 0.717) is 24.3 Å². The molecule has 0 unspecified atom stereocenters. The van der Waals surface area contributed by atoms with Crippen LogP contribution < -0.4 is 10.1 Å². The van der Waals surface area contributed by atoms with Crippen molar-refractivity contribution < 1.29 is 19.4 Å². The standard InChI is InChI=1S/C14H18N2O4/c1-9(2)20-11-5-4-10(8-15-11)12(17)16-14(13(18)19)6-3-7-14/h4-5,8-9H,3,6-7H2,1-2H3,(H,16,17)(H,18,19). The number of aromatic nitrogens is 1. The van der Waals surface area contributed by atoms with Gasteiger partial charge in [-0.1, -0.05) is 0 Å². The Morgan fingerprint density at radius 3 is 2.50 bits per heavy atom. The van der Waals surface area contributed by atoms with E-state index in [-0.39, 0.29) is 6.10 Å². The van der Waals surface area contributed by atoms with Crippen molar-refractivity contribution in [1.29, 1.82) is 0 Å². The lowest BCUT2D eigenvalue weighted by Gasteiger charge is -2.38. The van der Waals surface area contributed by atoms with Gasteiger partial charge in [0.05, 0.1) is 11.7 Å². The Hall–Kier alpha value is -2.11. The van der Waals surface area contributed by atoms with Crippen molar-refractivity contribution in [2.45, 2.75) is 44.8 Å². The van der Waals surface area contributed by atoms with E-state index in [1.807, 2.05) is 13.8 Å². The topological polar surface area (TPSA) is 88.5 Å². The number of carboxylic acids is 1. The van der Waals surface area contributed by atoms with Crippen molar-refractivity contribution in [3.8, 4) is 5.88 Å². The van der Waals surface area contributed by atoms with Gasteiger partial charge in [-0.25, -0.2) is 9.78 Å². The summed E-state index contributed by atoms with van der Waals surface area (Å²) in [7, 11) is 0. The van der Waals surface area contributed by atoms with Gasteiger partial charge in [0.25, 0.3) is 5.91 Å². The highest BCUT2D eigenvalue weighted by molar-refractivity contribution is 5.98. The van der Waals surface area contributed by atoms with Crippen molar-refractivity contribution in [3.63, 3.8) is 0 Å². The van der Waals surface area contributed by atoms with Gasteiger partial charge < -0.3 is 15.2 Å². The molecule has 6 heteroatoms. The lowest BCUT2D eigenvalue weighted by atomic mass is 9.76. The number of rotatable bonds is 5. The second kappa shape index (κ2) is 5.48. The summed E-state index contributed by atoms with van der Waals surface area (Å²) >= 11 is 0. The van der Waals surface area contributed by atoms with Gasteiger partial charge in [-0.3, -0.25) is 4.79 Å². The number of hydrogen-bond acceptors (Lipinski definition) is 4. The molecule has 0 bridgehead atoms. The normalized spacial score (nSPS) is 16.4. The molecule has 2 N–H and O–H groups in total. The molecule has 1 aliphatic carbocycles. The Morgan fingerprint density at radius 2 is 2.10 bits per heavy atom. The van der Waals surface area contributed by atoms with E-state index in [2.05, 4.69) is 10.3 Å². The average molecular weight is 278 g/mol. The number of carbonyl (C=O) groups excluding carboxylic acids is 1. The lowest BCUT2D eigenvalue weighted by molar-refractivity contribution is -0.148. The minimum Gasteiger partial charge on any atom is -0.480 e. The van der Waals surface area contributed by atoms with Gasteiger partial charge in [-0.05, 0) is 39.2 Å². The van der Waals surface area contributed by atoms with Gasteiger partial charge in [-0.15, -0.1) is 0 Å². The number of nitrogens with zero attached hydrogens (tertiary/aromatic N) is 1. The molecule has 1 aromatic rings. The molecule has 0 saturated heterocycles. The summed E-state index contributed by atoms with van der Waals surface area (Å²) in [6.45, 7) is 3.77. The van der Waals surface area contributed by atoms with Crippen LogP contribution in [0.15, 0.2) is 18.3 Å². The zero-order valence-corrected chi connectivity index (χ0v) is 11.5. The van der Waals surface area contributed by atoms with Gasteiger partial charge in [0, 0.05) is 12.3 Å². The van der Waals surface area contributed by atoms with E-state index >= 15 is 0 Å². The van der Waals surface area contributed by atoms with E-state index in [4.69, 9.17) is 4.74 Å². The smallest absolute Gasteiger partial charge is 0.329 e. The van der Waals surface area contributed by atoms with Crippen molar-refractivity contribution in [3.05, 3.63) is 23.9 Å². The summed E-state index contributed by atoms with van der Waals surface area (Å²) in [5.74, 6) is -0.964. The third-order valence-electron chi connectivity index (χ3n) is 3.32. The Morgan fingerprint density at radius 1 is 1.40 bits per heavy atom. The third-order valence-corrected chi connectivity index (χ3v) is 3.32. The maximum Gasteiger partial charge on any atom is 0.329 e. The number of amides is 1. The molecule has 1 fully saturated rings. The van der Waals surface area contributed by atoms with Crippen LogP contribution >= 0.6 is 0 Å². The van der Waals surface area contributed by atoms with E-state index in [0.717, 1.165) is 6.42 Å². The van der Waals surface area contributed by atoms with Crippen LogP contribution in [0.4, 0.5) is 0 Å².